The minimum absolute atomic E-state index is 0.458. The molecule has 2 nitrogen and oxygen atoms in total. The van der Waals surface area contributed by atoms with E-state index in [1.54, 1.807) is 0 Å². The average Bonchev–Trinajstić information content (AvgIpc) is 3.13. The molecule has 0 unspecified atom stereocenters. The zero-order valence-electron chi connectivity index (χ0n) is 19.6. The Balaban J connectivity index is 1.75. The maximum Gasteiger partial charge on any atom is 0.137 e. The maximum atomic E-state index is 5.02. The molecule has 0 fully saturated rings. The van der Waals surface area contributed by atoms with Crippen LogP contribution in [0.3, 0.4) is 0 Å². The van der Waals surface area contributed by atoms with Crippen LogP contribution in [0.1, 0.15) is 56.2 Å². The Bertz CT molecular complexity index is 1360. The first-order valence-corrected chi connectivity index (χ1v) is 11.6. The highest BCUT2D eigenvalue weighted by Gasteiger charge is 2.19. The first kappa shape index (κ1) is 20.5. The van der Waals surface area contributed by atoms with E-state index in [9.17, 15) is 0 Å². The van der Waals surface area contributed by atoms with Crippen molar-refractivity contribution in [3.05, 3.63) is 95.7 Å². The lowest BCUT2D eigenvalue weighted by Gasteiger charge is -2.21. The van der Waals surface area contributed by atoms with Crippen LogP contribution < -0.4 is 0 Å². The van der Waals surface area contributed by atoms with E-state index in [2.05, 4.69) is 118 Å². The topological polar surface area (TPSA) is 17.8 Å². The smallest absolute Gasteiger partial charge is 0.137 e. The Labute approximate surface area is 190 Å². The Hall–Kier alpha value is -3.39. The molecule has 0 aliphatic rings. The monoisotopic (exact) mass is 418 g/mol. The van der Waals surface area contributed by atoms with Crippen LogP contribution in [-0.4, -0.2) is 9.55 Å². The van der Waals surface area contributed by atoms with Gasteiger partial charge in [-0.1, -0.05) is 82.3 Å². The lowest BCUT2D eigenvalue weighted by Crippen LogP contribution is -2.03. The number of hydrogen-bond donors (Lipinski definition) is 0. The molecule has 32 heavy (non-hydrogen) atoms. The van der Waals surface area contributed by atoms with Gasteiger partial charge in [0, 0.05) is 22.5 Å². The predicted octanol–water partition coefficient (Wildman–Crippen LogP) is 8.40. The summed E-state index contributed by atoms with van der Waals surface area (Å²) < 4.78 is 2.29. The van der Waals surface area contributed by atoms with E-state index in [1.807, 2.05) is 0 Å². The number of fused-ring (bicyclic) bond motifs is 3. The quantitative estimate of drug-likeness (QED) is 0.286. The lowest BCUT2D eigenvalue weighted by molar-refractivity contribution is 0.837. The van der Waals surface area contributed by atoms with E-state index >= 15 is 0 Å². The molecule has 0 bridgehead atoms. The third-order valence-electron chi connectivity index (χ3n) is 6.55. The van der Waals surface area contributed by atoms with E-state index in [1.165, 1.54) is 49.6 Å². The van der Waals surface area contributed by atoms with E-state index in [4.69, 9.17) is 4.98 Å². The zero-order chi connectivity index (χ0) is 22.4. The number of hydrogen-bond acceptors (Lipinski definition) is 1. The van der Waals surface area contributed by atoms with Gasteiger partial charge >= 0.3 is 0 Å². The molecule has 2 aromatic heterocycles. The van der Waals surface area contributed by atoms with Gasteiger partial charge in [-0.3, -0.25) is 4.57 Å². The molecule has 0 spiro atoms. The molecule has 0 saturated carbocycles. The largest absolute Gasteiger partial charge is 0.294 e. The number of pyridine rings is 1. The van der Waals surface area contributed by atoms with Gasteiger partial charge in [0.2, 0.25) is 0 Å². The molecule has 160 valence electrons. The molecule has 0 atom stereocenters. The van der Waals surface area contributed by atoms with Crippen molar-refractivity contribution < 1.29 is 0 Å². The third kappa shape index (κ3) is 3.22. The maximum absolute atomic E-state index is 5.02. The minimum Gasteiger partial charge on any atom is -0.294 e. The highest BCUT2D eigenvalue weighted by atomic mass is 15.1. The van der Waals surface area contributed by atoms with Crippen molar-refractivity contribution in [3.8, 4) is 16.9 Å². The van der Waals surface area contributed by atoms with Crippen molar-refractivity contribution in [2.45, 2.75) is 46.5 Å². The van der Waals surface area contributed by atoms with E-state index in [0.29, 0.717) is 11.8 Å². The van der Waals surface area contributed by atoms with Crippen molar-refractivity contribution in [2.24, 2.45) is 0 Å². The van der Waals surface area contributed by atoms with Crippen molar-refractivity contribution in [2.75, 3.05) is 0 Å². The molecule has 3 aromatic carbocycles. The highest BCUT2D eigenvalue weighted by Crippen LogP contribution is 2.38. The Morgan fingerprint density at radius 3 is 1.72 bits per heavy atom. The molecule has 0 radical (unpaired) electrons. The summed E-state index contributed by atoms with van der Waals surface area (Å²) in [5.74, 6) is 1.89. The fourth-order valence-corrected chi connectivity index (χ4v) is 4.96. The van der Waals surface area contributed by atoms with Gasteiger partial charge in [-0.15, -0.1) is 0 Å². The predicted molar refractivity (Wildman–Crippen MR) is 137 cm³/mol. The SMILES string of the molecule is Cc1cc(-n2c3ccccc3c3ccccc32)ncc1-c1c(C(C)C)cccc1C(C)C. The van der Waals surface area contributed by atoms with Crippen molar-refractivity contribution in [1.82, 2.24) is 9.55 Å². The fourth-order valence-electron chi connectivity index (χ4n) is 4.96. The zero-order valence-corrected chi connectivity index (χ0v) is 19.6. The van der Waals surface area contributed by atoms with Gasteiger partial charge in [0.05, 0.1) is 11.0 Å². The van der Waals surface area contributed by atoms with E-state index < -0.39 is 0 Å². The number of benzene rings is 3. The number of aromatic nitrogens is 2. The molecular weight excluding hydrogens is 388 g/mol. The van der Waals surface area contributed by atoms with Crippen LogP contribution in [0.15, 0.2) is 79.0 Å². The summed E-state index contributed by atoms with van der Waals surface area (Å²) in [6.45, 7) is 11.3. The van der Waals surface area contributed by atoms with Gasteiger partial charge in [-0.05, 0) is 59.2 Å². The highest BCUT2D eigenvalue weighted by molar-refractivity contribution is 6.09. The molecule has 0 aliphatic heterocycles. The van der Waals surface area contributed by atoms with Crippen LogP contribution in [0.5, 0.6) is 0 Å². The Morgan fingerprint density at radius 2 is 1.22 bits per heavy atom. The molecule has 5 aromatic rings. The van der Waals surface area contributed by atoms with Crippen LogP contribution in [-0.2, 0) is 0 Å². The van der Waals surface area contributed by atoms with Crippen molar-refractivity contribution in [1.29, 1.82) is 0 Å². The molecule has 0 aliphatic carbocycles. The number of aryl methyl sites for hydroxylation is 1. The van der Waals surface area contributed by atoms with Crippen molar-refractivity contribution >= 4 is 21.8 Å². The average molecular weight is 419 g/mol. The fraction of sp³-hybridized carbons (Fsp3) is 0.233. The summed E-state index contributed by atoms with van der Waals surface area (Å²) in [5.41, 5.74) is 9.03. The van der Waals surface area contributed by atoms with Crippen LogP contribution in [0.25, 0.3) is 38.8 Å². The van der Waals surface area contributed by atoms with Crippen LogP contribution in [0, 0.1) is 6.92 Å². The summed E-state index contributed by atoms with van der Waals surface area (Å²) in [5, 5.41) is 2.53. The third-order valence-corrected chi connectivity index (χ3v) is 6.55. The molecule has 2 heteroatoms. The second kappa shape index (κ2) is 7.94. The summed E-state index contributed by atoms with van der Waals surface area (Å²) in [4.78, 5) is 5.02. The van der Waals surface area contributed by atoms with Gasteiger partial charge in [0.15, 0.2) is 0 Å². The van der Waals surface area contributed by atoms with E-state index in [0.717, 1.165) is 5.82 Å². The van der Waals surface area contributed by atoms with Crippen LogP contribution in [0.2, 0.25) is 0 Å². The Kier molecular flexibility index (Phi) is 5.09. The number of para-hydroxylation sites is 2. The summed E-state index contributed by atoms with van der Waals surface area (Å²) in [7, 11) is 0. The normalized spacial score (nSPS) is 11.8. The molecular formula is C30H30N2. The molecule has 0 amide bonds. The minimum atomic E-state index is 0.458. The van der Waals surface area contributed by atoms with Crippen LogP contribution in [0.4, 0.5) is 0 Å². The second-order valence-electron chi connectivity index (χ2n) is 9.35. The standard InChI is InChI=1S/C30H30N2/c1-19(2)22-13-10-14-23(20(3)4)30(22)26-18-31-29(17-21(26)5)32-27-15-8-6-11-24(27)25-12-7-9-16-28(25)32/h6-20H,1-5H3. The van der Waals surface area contributed by atoms with Gasteiger partial charge in [-0.2, -0.15) is 0 Å². The lowest BCUT2D eigenvalue weighted by atomic mass is 9.84. The molecule has 0 N–H and O–H groups in total. The summed E-state index contributed by atoms with van der Waals surface area (Å²) in [6.07, 6.45) is 2.08. The molecule has 2 heterocycles. The van der Waals surface area contributed by atoms with E-state index in [-0.39, 0.29) is 0 Å². The number of nitrogens with zero attached hydrogens (tertiary/aromatic N) is 2. The molecule has 0 saturated heterocycles. The Morgan fingerprint density at radius 1 is 0.688 bits per heavy atom. The summed E-state index contributed by atoms with van der Waals surface area (Å²) in [6, 6.07) is 26.2. The first-order valence-electron chi connectivity index (χ1n) is 11.6. The number of rotatable bonds is 4. The van der Waals surface area contributed by atoms with Crippen LogP contribution >= 0.6 is 0 Å². The van der Waals surface area contributed by atoms with Gasteiger partial charge in [0.25, 0.3) is 0 Å². The van der Waals surface area contributed by atoms with Crippen molar-refractivity contribution in [3.63, 3.8) is 0 Å². The van der Waals surface area contributed by atoms with Gasteiger partial charge in [-0.25, -0.2) is 4.98 Å². The van der Waals surface area contributed by atoms with Gasteiger partial charge < -0.3 is 0 Å². The second-order valence-corrected chi connectivity index (χ2v) is 9.35. The first-order chi connectivity index (χ1) is 15.5. The van der Waals surface area contributed by atoms with Gasteiger partial charge in [0.1, 0.15) is 5.82 Å². The molecule has 5 rings (SSSR count). The summed E-state index contributed by atoms with van der Waals surface area (Å²) >= 11 is 0.